The average Bonchev–Trinajstić information content (AvgIpc) is 2.59. The van der Waals surface area contributed by atoms with Crippen LogP contribution in [0.5, 0.6) is 0 Å². The first-order valence-electron chi connectivity index (χ1n) is 4.98. The van der Waals surface area contributed by atoms with Crippen LogP contribution in [0.4, 0.5) is 4.39 Å². The van der Waals surface area contributed by atoms with Gasteiger partial charge in [0.25, 0.3) is 0 Å². The van der Waals surface area contributed by atoms with Gasteiger partial charge in [-0.05, 0) is 37.6 Å². The van der Waals surface area contributed by atoms with Gasteiger partial charge in [0, 0.05) is 17.3 Å². The number of alkyl halides is 1. The van der Waals surface area contributed by atoms with Crippen molar-refractivity contribution in [3.8, 4) is 5.69 Å². The molecule has 0 aliphatic heterocycles. The molecule has 0 atom stereocenters. The van der Waals surface area contributed by atoms with Gasteiger partial charge in [0.1, 0.15) is 5.82 Å². The average molecular weight is 239 g/mol. The van der Waals surface area contributed by atoms with E-state index in [1.54, 1.807) is 6.33 Å². The summed E-state index contributed by atoms with van der Waals surface area (Å²) >= 11 is 5.71. The summed E-state index contributed by atoms with van der Waals surface area (Å²) < 4.78 is 15.2. The van der Waals surface area contributed by atoms with E-state index in [2.05, 4.69) is 4.98 Å². The van der Waals surface area contributed by atoms with E-state index in [0.29, 0.717) is 5.88 Å². The highest BCUT2D eigenvalue weighted by Crippen LogP contribution is 2.18. The van der Waals surface area contributed by atoms with Crippen molar-refractivity contribution in [2.75, 3.05) is 0 Å². The summed E-state index contributed by atoms with van der Waals surface area (Å²) in [6, 6.07) is 4.78. The fourth-order valence-corrected chi connectivity index (χ4v) is 1.76. The smallest absolute Gasteiger partial charge is 0.125 e. The Morgan fingerprint density at radius 3 is 2.62 bits per heavy atom. The molecule has 0 amide bonds. The number of rotatable bonds is 2. The third-order valence-electron chi connectivity index (χ3n) is 2.63. The van der Waals surface area contributed by atoms with E-state index in [1.807, 2.05) is 24.5 Å². The van der Waals surface area contributed by atoms with Crippen LogP contribution in [0.3, 0.4) is 0 Å². The van der Waals surface area contributed by atoms with E-state index in [9.17, 15) is 4.39 Å². The summed E-state index contributed by atoms with van der Waals surface area (Å²) in [6.07, 6.45) is 1.69. The monoisotopic (exact) mass is 238 g/mol. The van der Waals surface area contributed by atoms with Gasteiger partial charge >= 0.3 is 0 Å². The SMILES string of the molecule is Cc1ncn(-c2cc(F)cc(CCl)c2)c1C. The second-order valence-electron chi connectivity index (χ2n) is 3.74. The van der Waals surface area contributed by atoms with Gasteiger partial charge in [0.15, 0.2) is 0 Å². The molecule has 1 aromatic heterocycles. The van der Waals surface area contributed by atoms with Crippen molar-refractivity contribution in [1.29, 1.82) is 0 Å². The lowest BCUT2D eigenvalue weighted by atomic mass is 10.2. The lowest BCUT2D eigenvalue weighted by Crippen LogP contribution is -1.97. The van der Waals surface area contributed by atoms with Gasteiger partial charge in [-0.1, -0.05) is 0 Å². The number of aryl methyl sites for hydroxylation is 1. The fraction of sp³-hybridized carbons (Fsp3) is 0.250. The molecular weight excluding hydrogens is 227 g/mol. The number of benzene rings is 1. The number of aromatic nitrogens is 2. The Bertz CT molecular complexity index is 520. The predicted molar refractivity (Wildman–Crippen MR) is 62.6 cm³/mol. The zero-order valence-electron chi connectivity index (χ0n) is 9.17. The van der Waals surface area contributed by atoms with E-state index in [0.717, 1.165) is 22.6 Å². The molecule has 0 fully saturated rings. The van der Waals surface area contributed by atoms with Crippen molar-refractivity contribution in [1.82, 2.24) is 9.55 Å². The second kappa shape index (κ2) is 4.26. The maximum absolute atomic E-state index is 13.3. The van der Waals surface area contributed by atoms with Crippen molar-refractivity contribution in [3.05, 3.63) is 47.3 Å². The fourth-order valence-electron chi connectivity index (χ4n) is 1.61. The van der Waals surface area contributed by atoms with Crippen LogP contribution in [-0.4, -0.2) is 9.55 Å². The molecule has 0 unspecified atom stereocenters. The van der Waals surface area contributed by atoms with E-state index in [4.69, 9.17) is 11.6 Å². The Balaban J connectivity index is 2.55. The van der Waals surface area contributed by atoms with Crippen molar-refractivity contribution < 1.29 is 4.39 Å². The van der Waals surface area contributed by atoms with E-state index < -0.39 is 0 Å². The Hall–Kier alpha value is -1.35. The molecular formula is C12H12ClFN2. The summed E-state index contributed by atoms with van der Waals surface area (Å²) in [5, 5.41) is 0. The summed E-state index contributed by atoms with van der Waals surface area (Å²) in [7, 11) is 0. The van der Waals surface area contributed by atoms with Gasteiger partial charge in [0.2, 0.25) is 0 Å². The molecule has 0 radical (unpaired) electrons. The first kappa shape index (κ1) is 11.1. The Morgan fingerprint density at radius 1 is 1.31 bits per heavy atom. The quantitative estimate of drug-likeness (QED) is 0.734. The van der Waals surface area contributed by atoms with Crippen LogP contribution in [0.15, 0.2) is 24.5 Å². The molecule has 2 aromatic rings. The van der Waals surface area contributed by atoms with Crippen LogP contribution in [0, 0.1) is 19.7 Å². The molecule has 1 heterocycles. The highest BCUT2D eigenvalue weighted by molar-refractivity contribution is 6.17. The number of imidazole rings is 1. The molecule has 2 rings (SSSR count). The summed E-state index contributed by atoms with van der Waals surface area (Å²) in [5.41, 5.74) is 3.47. The highest BCUT2D eigenvalue weighted by Gasteiger charge is 2.06. The van der Waals surface area contributed by atoms with E-state index in [1.165, 1.54) is 12.1 Å². The van der Waals surface area contributed by atoms with Gasteiger partial charge in [0.05, 0.1) is 12.0 Å². The molecule has 0 N–H and O–H groups in total. The summed E-state index contributed by atoms with van der Waals surface area (Å²) in [4.78, 5) is 4.19. The molecule has 84 valence electrons. The summed E-state index contributed by atoms with van der Waals surface area (Å²) in [6.45, 7) is 3.88. The Kier molecular flexibility index (Phi) is 2.97. The van der Waals surface area contributed by atoms with Gasteiger partial charge < -0.3 is 4.57 Å². The molecule has 0 spiro atoms. The van der Waals surface area contributed by atoms with Crippen LogP contribution in [0.25, 0.3) is 5.69 Å². The van der Waals surface area contributed by atoms with E-state index in [-0.39, 0.29) is 5.82 Å². The van der Waals surface area contributed by atoms with Crippen LogP contribution in [-0.2, 0) is 5.88 Å². The molecule has 0 bridgehead atoms. The topological polar surface area (TPSA) is 17.8 Å². The molecule has 1 aromatic carbocycles. The second-order valence-corrected chi connectivity index (χ2v) is 4.00. The first-order chi connectivity index (χ1) is 7.61. The highest BCUT2D eigenvalue weighted by atomic mass is 35.5. The van der Waals surface area contributed by atoms with Crippen molar-refractivity contribution >= 4 is 11.6 Å². The van der Waals surface area contributed by atoms with Crippen molar-refractivity contribution in [3.63, 3.8) is 0 Å². The minimum absolute atomic E-state index is 0.279. The van der Waals surface area contributed by atoms with Crippen molar-refractivity contribution in [2.45, 2.75) is 19.7 Å². The minimum Gasteiger partial charge on any atom is -0.303 e. The zero-order valence-corrected chi connectivity index (χ0v) is 9.92. The number of hydrogen-bond donors (Lipinski definition) is 0. The van der Waals surface area contributed by atoms with Crippen LogP contribution >= 0.6 is 11.6 Å². The van der Waals surface area contributed by atoms with E-state index >= 15 is 0 Å². The predicted octanol–water partition coefficient (Wildman–Crippen LogP) is 3.37. The normalized spacial score (nSPS) is 10.8. The molecule has 16 heavy (non-hydrogen) atoms. The molecule has 2 nitrogen and oxygen atoms in total. The Labute approximate surface area is 98.7 Å². The van der Waals surface area contributed by atoms with Crippen LogP contribution < -0.4 is 0 Å². The Morgan fingerprint density at radius 2 is 2.06 bits per heavy atom. The van der Waals surface area contributed by atoms with Gasteiger partial charge in [-0.15, -0.1) is 11.6 Å². The number of nitrogens with zero attached hydrogens (tertiary/aromatic N) is 2. The van der Waals surface area contributed by atoms with Gasteiger partial charge in [-0.2, -0.15) is 0 Å². The van der Waals surface area contributed by atoms with Gasteiger partial charge in [-0.3, -0.25) is 0 Å². The number of hydrogen-bond acceptors (Lipinski definition) is 1. The largest absolute Gasteiger partial charge is 0.303 e. The molecule has 0 aliphatic carbocycles. The summed E-state index contributed by atoms with van der Waals surface area (Å²) in [5.74, 6) is 0.0243. The van der Waals surface area contributed by atoms with Gasteiger partial charge in [-0.25, -0.2) is 9.37 Å². The number of halogens is 2. The minimum atomic E-state index is -0.279. The third-order valence-corrected chi connectivity index (χ3v) is 2.94. The van der Waals surface area contributed by atoms with Crippen molar-refractivity contribution in [2.24, 2.45) is 0 Å². The maximum atomic E-state index is 13.3. The first-order valence-corrected chi connectivity index (χ1v) is 5.51. The maximum Gasteiger partial charge on any atom is 0.125 e. The molecule has 0 saturated heterocycles. The van der Waals surface area contributed by atoms with Crippen LogP contribution in [0.2, 0.25) is 0 Å². The standard InChI is InChI=1S/C12H12ClFN2/c1-8-9(2)16(7-15-8)12-4-10(6-13)3-11(14)5-12/h3-5,7H,6H2,1-2H3. The molecule has 0 aliphatic rings. The molecule has 0 saturated carbocycles. The lowest BCUT2D eigenvalue weighted by molar-refractivity contribution is 0.625. The zero-order chi connectivity index (χ0) is 11.7. The van der Waals surface area contributed by atoms with Crippen LogP contribution in [0.1, 0.15) is 17.0 Å². The third kappa shape index (κ3) is 1.95. The lowest BCUT2D eigenvalue weighted by Gasteiger charge is -2.07. The molecule has 4 heteroatoms.